The molecule has 1 amide bonds. The molecular weight excluding hydrogens is 325 g/mol. The molecule has 3 aromatic rings. The number of ether oxygens (including phenoxy) is 1. The number of rotatable bonds is 4. The summed E-state index contributed by atoms with van der Waals surface area (Å²) in [6.45, 7) is 1.27. The number of hydrogen-bond donors (Lipinski definition) is 1. The number of carbonyl (C=O) groups is 1. The summed E-state index contributed by atoms with van der Waals surface area (Å²) < 4.78 is 21.0. The Hall–Kier alpha value is -2.90. The molecule has 1 N–H and O–H groups in total. The minimum Gasteiger partial charge on any atom is -0.496 e. The monoisotopic (exact) mass is 343 g/mol. The SMILES string of the molecule is COc1ccc(F)c2[nH]c(C(=O)N3CCC[C@H]3Cn3ccnn3)cc12. The molecule has 0 radical (unpaired) electrons. The third-order valence-electron chi connectivity index (χ3n) is 4.66. The number of H-pyrrole nitrogens is 1. The van der Waals surface area contributed by atoms with Crippen LogP contribution in [0.1, 0.15) is 23.3 Å². The molecule has 0 spiro atoms. The molecule has 7 nitrogen and oxygen atoms in total. The van der Waals surface area contributed by atoms with E-state index >= 15 is 0 Å². The van der Waals surface area contributed by atoms with Crippen molar-refractivity contribution in [3.63, 3.8) is 0 Å². The Morgan fingerprint density at radius 1 is 1.48 bits per heavy atom. The molecule has 3 heterocycles. The molecule has 1 saturated heterocycles. The zero-order chi connectivity index (χ0) is 17.4. The zero-order valence-corrected chi connectivity index (χ0v) is 13.8. The Morgan fingerprint density at radius 2 is 2.36 bits per heavy atom. The number of aromatic amines is 1. The maximum atomic E-state index is 14.1. The number of benzene rings is 1. The molecule has 0 unspecified atom stereocenters. The average Bonchev–Trinajstić information content (AvgIpc) is 3.35. The van der Waals surface area contributed by atoms with Gasteiger partial charge in [0.25, 0.3) is 5.91 Å². The summed E-state index contributed by atoms with van der Waals surface area (Å²) in [5.41, 5.74) is 0.651. The summed E-state index contributed by atoms with van der Waals surface area (Å²) in [6.07, 6.45) is 5.24. The predicted molar refractivity (Wildman–Crippen MR) is 88.9 cm³/mol. The predicted octanol–water partition coefficient (Wildman–Crippen LogP) is 2.21. The first-order chi connectivity index (χ1) is 12.2. The van der Waals surface area contributed by atoms with Crippen molar-refractivity contribution < 1.29 is 13.9 Å². The van der Waals surface area contributed by atoms with Crippen molar-refractivity contribution in [2.45, 2.75) is 25.4 Å². The smallest absolute Gasteiger partial charge is 0.270 e. The molecule has 1 fully saturated rings. The van der Waals surface area contributed by atoms with Crippen LogP contribution in [-0.2, 0) is 6.54 Å². The van der Waals surface area contributed by atoms with Gasteiger partial charge in [-0.25, -0.2) is 4.39 Å². The van der Waals surface area contributed by atoms with Gasteiger partial charge in [-0.1, -0.05) is 5.21 Å². The minimum absolute atomic E-state index is 0.0485. The maximum Gasteiger partial charge on any atom is 0.270 e. The van der Waals surface area contributed by atoms with E-state index in [1.165, 1.54) is 13.2 Å². The standard InChI is InChI=1S/C17H18FN5O2/c1-25-15-5-4-13(18)16-12(15)9-14(20-16)17(24)23-7-2-3-11(23)10-22-8-6-19-21-22/h4-6,8-9,11,20H,2-3,7,10H2,1H3/t11-/m0/s1. The normalized spacial score (nSPS) is 17.4. The van der Waals surface area contributed by atoms with Crippen molar-refractivity contribution in [3.05, 3.63) is 42.1 Å². The molecular formula is C17H18FN5O2. The van der Waals surface area contributed by atoms with Gasteiger partial charge in [0.2, 0.25) is 0 Å². The first-order valence-corrected chi connectivity index (χ1v) is 8.17. The lowest BCUT2D eigenvalue weighted by molar-refractivity contribution is 0.0716. The number of halogens is 1. The van der Waals surface area contributed by atoms with Crippen LogP contribution >= 0.6 is 0 Å². The van der Waals surface area contributed by atoms with Gasteiger partial charge in [0.05, 0.1) is 31.4 Å². The third kappa shape index (κ3) is 2.73. The number of nitrogens with zero attached hydrogens (tertiary/aromatic N) is 4. The van der Waals surface area contributed by atoms with E-state index in [9.17, 15) is 9.18 Å². The fourth-order valence-corrected chi connectivity index (χ4v) is 3.45. The van der Waals surface area contributed by atoms with Crippen LogP contribution in [0.5, 0.6) is 5.75 Å². The van der Waals surface area contributed by atoms with Gasteiger partial charge >= 0.3 is 0 Å². The molecule has 0 aliphatic carbocycles. The van der Waals surface area contributed by atoms with Crippen LogP contribution in [0.25, 0.3) is 10.9 Å². The van der Waals surface area contributed by atoms with Crippen molar-refractivity contribution in [3.8, 4) is 5.75 Å². The fourth-order valence-electron chi connectivity index (χ4n) is 3.45. The summed E-state index contributed by atoms with van der Waals surface area (Å²) in [5.74, 6) is -0.0111. The molecule has 130 valence electrons. The first kappa shape index (κ1) is 15.6. The lowest BCUT2D eigenvalue weighted by Crippen LogP contribution is -2.38. The van der Waals surface area contributed by atoms with E-state index in [1.54, 1.807) is 29.2 Å². The van der Waals surface area contributed by atoms with Crippen molar-refractivity contribution in [2.75, 3.05) is 13.7 Å². The average molecular weight is 343 g/mol. The number of carbonyl (C=O) groups excluding carboxylic acids is 1. The van der Waals surface area contributed by atoms with Gasteiger partial charge in [-0.2, -0.15) is 0 Å². The number of amides is 1. The highest BCUT2D eigenvalue weighted by Gasteiger charge is 2.31. The summed E-state index contributed by atoms with van der Waals surface area (Å²) in [5, 5.41) is 8.34. The summed E-state index contributed by atoms with van der Waals surface area (Å²) >= 11 is 0. The fraction of sp³-hybridized carbons (Fsp3) is 0.353. The van der Waals surface area contributed by atoms with Gasteiger partial charge in [-0.15, -0.1) is 5.10 Å². The Bertz CT molecular complexity index is 905. The van der Waals surface area contributed by atoms with Gasteiger partial charge in [-0.3, -0.25) is 9.48 Å². The molecule has 0 saturated carbocycles. The van der Waals surface area contributed by atoms with E-state index in [0.29, 0.717) is 29.9 Å². The lowest BCUT2D eigenvalue weighted by atomic mass is 10.2. The molecule has 1 aromatic carbocycles. The topological polar surface area (TPSA) is 76.0 Å². The molecule has 1 aliphatic heterocycles. The maximum absolute atomic E-state index is 14.1. The molecule has 4 rings (SSSR count). The largest absolute Gasteiger partial charge is 0.496 e. The van der Waals surface area contributed by atoms with Gasteiger partial charge in [0, 0.05) is 18.1 Å². The minimum atomic E-state index is -0.407. The van der Waals surface area contributed by atoms with Crippen LogP contribution in [0.15, 0.2) is 30.6 Å². The van der Waals surface area contributed by atoms with E-state index in [2.05, 4.69) is 15.3 Å². The quantitative estimate of drug-likeness (QED) is 0.788. The first-order valence-electron chi connectivity index (χ1n) is 8.17. The number of nitrogens with one attached hydrogen (secondary N) is 1. The van der Waals surface area contributed by atoms with Gasteiger partial charge < -0.3 is 14.6 Å². The number of hydrogen-bond acceptors (Lipinski definition) is 4. The van der Waals surface area contributed by atoms with Gasteiger partial charge in [-0.05, 0) is 31.0 Å². The van der Waals surface area contributed by atoms with E-state index in [4.69, 9.17) is 4.74 Å². The Labute approximate surface area is 143 Å². The Balaban J connectivity index is 1.63. The molecule has 0 bridgehead atoms. The highest BCUT2D eigenvalue weighted by molar-refractivity contribution is 6.00. The van der Waals surface area contributed by atoms with Crippen molar-refractivity contribution in [2.24, 2.45) is 0 Å². The number of methoxy groups -OCH3 is 1. The molecule has 1 atom stereocenters. The van der Waals surface area contributed by atoms with Gasteiger partial charge in [0.1, 0.15) is 17.3 Å². The second-order valence-electron chi connectivity index (χ2n) is 6.14. The highest BCUT2D eigenvalue weighted by Crippen LogP contribution is 2.30. The Morgan fingerprint density at radius 3 is 3.12 bits per heavy atom. The van der Waals surface area contributed by atoms with Crippen LogP contribution in [0, 0.1) is 5.82 Å². The Kier molecular flexibility index (Phi) is 3.87. The van der Waals surface area contributed by atoms with Crippen LogP contribution in [0.2, 0.25) is 0 Å². The van der Waals surface area contributed by atoms with Crippen molar-refractivity contribution in [1.82, 2.24) is 24.9 Å². The number of likely N-dealkylation sites (tertiary alicyclic amines) is 1. The van der Waals surface area contributed by atoms with Crippen molar-refractivity contribution in [1.29, 1.82) is 0 Å². The number of fused-ring (bicyclic) bond motifs is 1. The van der Waals surface area contributed by atoms with Gasteiger partial charge in [0.15, 0.2) is 0 Å². The molecule has 2 aromatic heterocycles. The molecule has 1 aliphatic rings. The summed E-state index contributed by atoms with van der Waals surface area (Å²) in [6, 6.07) is 4.59. The summed E-state index contributed by atoms with van der Waals surface area (Å²) in [4.78, 5) is 17.7. The van der Waals surface area contributed by atoms with E-state index in [0.717, 1.165) is 12.8 Å². The highest BCUT2D eigenvalue weighted by atomic mass is 19.1. The molecule has 8 heteroatoms. The second kappa shape index (κ2) is 6.19. The molecule has 25 heavy (non-hydrogen) atoms. The van der Waals surface area contributed by atoms with Crippen LogP contribution < -0.4 is 4.74 Å². The number of aromatic nitrogens is 4. The van der Waals surface area contributed by atoms with E-state index < -0.39 is 5.82 Å². The van der Waals surface area contributed by atoms with E-state index in [-0.39, 0.29) is 17.5 Å². The summed E-state index contributed by atoms with van der Waals surface area (Å²) in [7, 11) is 1.52. The lowest BCUT2D eigenvalue weighted by Gasteiger charge is -2.24. The van der Waals surface area contributed by atoms with E-state index in [1.807, 2.05) is 4.90 Å². The van der Waals surface area contributed by atoms with Crippen LogP contribution in [0.3, 0.4) is 0 Å². The van der Waals surface area contributed by atoms with Crippen LogP contribution in [0.4, 0.5) is 4.39 Å². The second-order valence-corrected chi connectivity index (χ2v) is 6.14. The van der Waals surface area contributed by atoms with Crippen molar-refractivity contribution >= 4 is 16.8 Å². The van der Waals surface area contributed by atoms with Crippen LogP contribution in [-0.4, -0.2) is 50.5 Å². The zero-order valence-electron chi connectivity index (χ0n) is 13.8. The third-order valence-corrected chi connectivity index (χ3v) is 4.66.